The summed E-state index contributed by atoms with van der Waals surface area (Å²) in [6, 6.07) is 15.5. The monoisotopic (exact) mass is 781 g/mol. The smallest absolute Gasteiger partial charge is 0.320 e. The number of fused-ring (bicyclic) bond motifs is 5. The fraction of sp³-hybridized carbons (Fsp3) is 0.486. The number of imide groups is 1. The van der Waals surface area contributed by atoms with Crippen LogP contribution in [0.4, 0.5) is 10.5 Å². The lowest BCUT2D eigenvalue weighted by atomic mass is 9.68. The zero-order valence-electron chi connectivity index (χ0n) is 28.9. The second kappa shape index (κ2) is 14.0. The van der Waals surface area contributed by atoms with Crippen molar-refractivity contribution >= 4 is 71.3 Å². The minimum atomic E-state index is -0.714. The summed E-state index contributed by atoms with van der Waals surface area (Å²) in [5.74, 6) is -0.498. The van der Waals surface area contributed by atoms with Crippen molar-refractivity contribution in [2.45, 2.75) is 86.2 Å². The lowest BCUT2D eigenvalue weighted by molar-refractivity contribution is -0.140. The topological polar surface area (TPSA) is 109 Å². The molecule has 1 aromatic heterocycles. The van der Waals surface area contributed by atoms with Crippen LogP contribution in [0.5, 0.6) is 0 Å². The van der Waals surface area contributed by atoms with Gasteiger partial charge < -0.3 is 9.71 Å². The molecule has 3 aromatic rings. The summed E-state index contributed by atoms with van der Waals surface area (Å²) in [5, 5.41) is 8.45. The summed E-state index contributed by atoms with van der Waals surface area (Å²) < 4.78 is 3.60. The van der Waals surface area contributed by atoms with E-state index in [1.165, 1.54) is 11.8 Å². The summed E-state index contributed by atoms with van der Waals surface area (Å²) in [6.45, 7) is 16.9. The first-order valence-electron chi connectivity index (χ1n) is 16.3. The van der Waals surface area contributed by atoms with E-state index in [4.69, 9.17) is 0 Å². The number of hydrogen-bond donors (Lipinski definition) is 0. The van der Waals surface area contributed by atoms with Crippen LogP contribution < -0.4 is 4.90 Å². The normalized spacial score (nSPS) is 16.4. The molecule has 253 valence electrons. The number of carbonyl (C=O) groups is 4. The molecule has 0 aliphatic carbocycles. The second-order valence-electron chi connectivity index (χ2n) is 14.4. The van der Waals surface area contributed by atoms with E-state index < -0.39 is 33.7 Å². The quantitative estimate of drug-likeness (QED) is 0.0962. The van der Waals surface area contributed by atoms with Crippen LogP contribution in [0, 0.1) is 16.7 Å². The van der Waals surface area contributed by atoms with Gasteiger partial charge in [-0.3, -0.25) is 22.3 Å². The molecule has 48 heavy (non-hydrogen) atoms. The van der Waals surface area contributed by atoms with Gasteiger partial charge in [0.05, 0.1) is 51.5 Å². The van der Waals surface area contributed by atoms with Crippen LogP contribution in [0.3, 0.4) is 0 Å². The molecule has 3 heterocycles. The Labute approximate surface area is 302 Å². The molecule has 1 unspecified atom stereocenters. The lowest BCUT2D eigenvalue weighted by Gasteiger charge is -2.42. The number of hydrogen-bond acceptors (Lipinski definition) is 7. The summed E-state index contributed by atoms with van der Waals surface area (Å²) in [7, 11) is 1.14. The molecule has 0 bridgehead atoms. The molecule has 1 saturated heterocycles. The zero-order chi connectivity index (χ0) is 35.1. The van der Waals surface area contributed by atoms with E-state index in [1.54, 1.807) is 8.01 Å². The number of para-hydroxylation sites is 1. The van der Waals surface area contributed by atoms with E-state index in [9.17, 15) is 19.2 Å². The summed E-state index contributed by atoms with van der Waals surface area (Å²) in [4.78, 5) is 57.0. The molecular weight excluding hydrogens is 738 g/mol. The van der Waals surface area contributed by atoms with Gasteiger partial charge in [-0.2, -0.15) is 0 Å². The fourth-order valence-corrected chi connectivity index (χ4v) is 7.93. The minimum Gasteiger partial charge on any atom is -0.320 e. The van der Waals surface area contributed by atoms with Gasteiger partial charge in [0.2, 0.25) is 23.5 Å². The van der Waals surface area contributed by atoms with Gasteiger partial charge in [-0.05, 0) is 36.8 Å². The highest BCUT2D eigenvalue weighted by Gasteiger charge is 2.48. The molecular formula is C35H43BIN6O4S. The van der Waals surface area contributed by atoms with Crippen LogP contribution in [0.15, 0.2) is 48.5 Å². The average Bonchev–Trinajstić information content (AvgIpc) is 3.55. The van der Waals surface area contributed by atoms with Crippen molar-refractivity contribution in [1.82, 2.24) is 22.9 Å². The summed E-state index contributed by atoms with van der Waals surface area (Å²) >= 11 is 3.43. The van der Waals surface area contributed by atoms with E-state index in [1.807, 2.05) is 94.8 Å². The Morgan fingerprint density at radius 3 is 2.33 bits per heavy atom. The predicted molar refractivity (Wildman–Crippen MR) is 199 cm³/mol. The molecule has 13 heteroatoms. The van der Waals surface area contributed by atoms with E-state index >= 15 is 0 Å². The molecule has 2 aliphatic rings. The van der Waals surface area contributed by atoms with Gasteiger partial charge in [0.1, 0.15) is 5.69 Å². The van der Waals surface area contributed by atoms with Gasteiger partial charge in [0.15, 0.2) is 0 Å². The molecule has 0 N–H and O–H groups in total. The van der Waals surface area contributed by atoms with Crippen LogP contribution in [-0.2, 0) is 27.5 Å². The maximum absolute atomic E-state index is 14.2. The Kier molecular flexibility index (Phi) is 10.5. The third kappa shape index (κ3) is 6.81. The maximum Gasteiger partial charge on any atom is 0.375 e. The molecule has 5 rings (SSSR count). The molecule has 1 atom stereocenters. The Morgan fingerprint density at radius 2 is 1.67 bits per heavy atom. The SMILES string of the molecule is CC(C)Cn1nnc2c1-c1ccccc1N(C(=O)[B]N1C(=O)CC(SCC(C)(C)C(C)(C)C(=O)N(I)C(C)C)C1=O)Cc1ccccc1-2. The molecule has 2 aliphatic heterocycles. The molecule has 1 radical (unpaired) electrons. The Balaban J connectivity index is 1.39. The van der Waals surface area contributed by atoms with Crippen LogP contribution in [0.1, 0.15) is 67.4 Å². The number of rotatable bonds is 10. The minimum absolute atomic E-state index is 0.00895. The molecule has 0 saturated carbocycles. The van der Waals surface area contributed by atoms with Crippen LogP contribution >= 0.6 is 34.6 Å². The van der Waals surface area contributed by atoms with Crippen molar-refractivity contribution in [2.75, 3.05) is 10.7 Å². The first-order chi connectivity index (χ1) is 22.5. The van der Waals surface area contributed by atoms with Gasteiger partial charge in [0, 0.05) is 35.9 Å². The number of benzene rings is 2. The van der Waals surface area contributed by atoms with Gasteiger partial charge in [0.25, 0.3) is 0 Å². The molecule has 4 amide bonds. The lowest BCUT2D eigenvalue weighted by Crippen LogP contribution is -2.48. The fourth-order valence-electron chi connectivity index (χ4n) is 5.83. The molecule has 0 spiro atoms. The van der Waals surface area contributed by atoms with Gasteiger partial charge in [-0.1, -0.05) is 89.2 Å². The number of anilines is 1. The molecule has 10 nitrogen and oxygen atoms in total. The molecule has 2 aromatic carbocycles. The summed E-state index contributed by atoms with van der Waals surface area (Å²) in [5.41, 5.74) is 3.56. The number of halogens is 1. The number of nitrogens with zero attached hydrogens (tertiary/aromatic N) is 6. The Bertz CT molecular complexity index is 1740. The number of carbonyl (C=O) groups excluding carboxylic acids is 4. The van der Waals surface area contributed by atoms with Crippen molar-refractivity contribution in [2.24, 2.45) is 16.7 Å². The van der Waals surface area contributed by atoms with Crippen molar-refractivity contribution < 1.29 is 19.2 Å². The predicted octanol–water partition coefficient (Wildman–Crippen LogP) is 6.83. The highest BCUT2D eigenvalue weighted by atomic mass is 127. The van der Waals surface area contributed by atoms with Crippen molar-refractivity contribution in [3.8, 4) is 22.5 Å². The first kappa shape index (κ1) is 36.1. The van der Waals surface area contributed by atoms with E-state index in [-0.39, 0.29) is 24.9 Å². The van der Waals surface area contributed by atoms with Crippen LogP contribution in [-0.4, -0.2) is 70.9 Å². The van der Waals surface area contributed by atoms with E-state index in [0.29, 0.717) is 23.9 Å². The van der Waals surface area contributed by atoms with Crippen LogP contribution in [0.2, 0.25) is 0 Å². The van der Waals surface area contributed by atoms with Gasteiger partial charge >= 0.3 is 7.41 Å². The average molecular weight is 782 g/mol. The number of aromatic nitrogens is 3. The number of thioether (sulfide) groups is 1. The number of amides is 4. The third-order valence-electron chi connectivity index (χ3n) is 9.49. The standard InChI is InChI=1S/C35H43BIN6O4S/c1-21(2)18-41-30-25-15-11-12-16-26(25)40(19-23-13-9-10-14-24(23)29(30)38-39-41)33(47)36-42-28(44)17-27(31(42)45)48-20-34(5,6)35(7,8)32(46)43(37)22(3)4/h9-16,21-22,27H,17-20H2,1-8H3. The van der Waals surface area contributed by atoms with Crippen molar-refractivity contribution in [3.63, 3.8) is 0 Å². The van der Waals surface area contributed by atoms with Crippen molar-refractivity contribution in [3.05, 3.63) is 54.1 Å². The highest BCUT2D eigenvalue weighted by molar-refractivity contribution is 14.1. The second-order valence-corrected chi connectivity index (χ2v) is 16.6. The van der Waals surface area contributed by atoms with Gasteiger partial charge in [-0.25, -0.2) is 4.68 Å². The maximum atomic E-state index is 14.2. The highest BCUT2D eigenvalue weighted by Crippen LogP contribution is 2.45. The first-order valence-corrected chi connectivity index (χ1v) is 18.3. The van der Waals surface area contributed by atoms with E-state index in [2.05, 4.69) is 47.0 Å². The van der Waals surface area contributed by atoms with Crippen LogP contribution in [0.25, 0.3) is 22.5 Å². The Morgan fingerprint density at radius 1 is 1.02 bits per heavy atom. The van der Waals surface area contributed by atoms with Crippen molar-refractivity contribution in [1.29, 1.82) is 0 Å². The molecule has 1 fully saturated rings. The summed E-state index contributed by atoms with van der Waals surface area (Å²) in [6.07, 6.45) is -0.00895. The third-order valence-corrected chi connectivity index (χ3v) is 12.7. The van der Waals surface area contributed by atoms with E-state index in [0.717, 1.165) is 40.3 Å². The zero-order valence-corrected chi connectivity index (χ0v) is 31.8. The largest absolute Gasteiger partial charge is 0.375 e. The Hall–Kier alpha value is -3.20. The van der Waals surface area contributed by atoms with Gasteiger partial charge in [-0.15, -0.1) is 16.9 Å².